The number of aliphatic hydroxyl groups is 1. The number of rotatable bonds is 3. The van der Waals surface area contributed by atoms with Gasteiger partial charge in [-0.3, -0.25) is 0 Å². The minimum Gasteiger partial charge on any atom is -0.392 e. The molecule has 0 aromatic rings. The first-order chi connectivity index (χ1) is 9.31. The maximum absolute atomic E-state index is 10.3. The van der Waals surface area contributed by atoms with Crippen LogP contribution in [0, 0.1) is 11.3 Å². The maximum Gasteiger partial charge on any atom is 0.0681 e. The zero-order valence-electron chi connectivity index (χ0n) is 12.0. The van der Waals surface area contributed by atoms with Crippen LogP contribution in [0.25, 0.3) is 0 Å². The Labute approximate surface area is 116 Å². The Bertz CT molecular complexity index is 278. The molecule has 2 atom stereocenters. The molecule has 2 saturated carbocycles. The highest BCUT2D eigenvalue weighted by Crippen LogP contribution is 2.52. The largest absolute Gasteiger partial charge is 0.392 e. The molecule has 3 fully saturated rings. The minimum atomic E-state index is -0.106. The molecule has 0 aromatic carbocycles. The SMILES string of the molecule is OC1CC(OCC2CCOCC2)C12CCCCCC2. The van der Waals surface area contributed by atoms with E-state index in [1.807, 2.05) is 0 Å². The highest BCUT2D eigenvalue weighted by Gasteiger charge is 2.54. The van der Waals surface area contributed by atoms with E-state index in [1.165, 1.54) is 38.5 Å². The molecular formula is C16H28O3. The first-order valence-corrected chi connectivity index (χ1v) is 8.19. The zero-order chi connectivity index (χ0) is 13.1. The normalized spacial score (nSPS) is 35.8. The van der Waals surface area contributed by atoms with Crippen LogP contribution in [0.5, 0.6) is 0 Å². The Morgan fingerprint density at radius 1 is 1.05 bits per heavy atom. The maximum atomic E-state index is 10.3. The topological polar surface area (TPSA) is 38.7 Å². The van der Waals surface area contributed by atoms with Gasteiger partial charge in [-0.15, -0.1) is 0 Å². The van der Waals surface area contributed by atoms with Gasteiger partial charge in [-0.2, -0.15) is 0 Å². The van der Waals surface area contributed by atoms with Crippen molar-refractivity contribution in [2.45, 2.75) is 70.0 Å². The molecule has 1 heterocycles. The van der Waals surface area contributed by atoms with E-state index in [0.717, 1.165) is 39.1 Å². The van der Waals surface area contributed by atoms with Gasteiger partial charge in [-0.05, 0) is 31.6 Å². The van der Waals surface area contributed by atoms with Crippen LogP contribution in [0.4, 0.5) is 0 Å². The number of aliphatic hydroxyl groups excluding tert-OH is 1. The summed E-state index contributed by atoms with van der Waals surface area (Å²) in [5, 5.41) is 10.3. The molecule has 110 valence electrons. The molecule has 19 heavy (non-hydrogen) atoms. The average molecular weight is 268 g/mol. The van der Waals surface area contributed by atoms with Crippen molar-refractivity contribution < 1.29 is 14.6 Å². The fourth-order valence-corrected chi connectivity index (χ4v) is 4.17. The van der Waals surface area contributed by atoms with E-state index in [2.05, 4.69) is 0 Å². The Kier molecular flexibility index (Phi) is 4.45. The van der Waals surface area contributed by atoms with Crippen molar-refractivity contribution in [2.24, 2.45) is 11.3 Å². The van der Waals surface area contributed by atoms with Crippen LogP contribution in [0.3, 0.4) is 0 Å². The van der Waals surface area contributed by atoms with E-state index < -0.39 is 0 Å². The molecule has 1 saturated heterocycles. The molecule has 0 radical (unpaired) electrons. The van der Waals surface area contributed by atoms with Crippen molar-refractivity contribution >= 4 is 0 Å². The summed E-state index contributed by atoms with van der Waals surface area (Å²) in [6.07, 6.45) is 10.9. The lowest BCUT2D eigenvalue weighted by Crippen LogP contribution is -2.58. The second-order valence-corrected chi connectivity index (χ2v) is 6.78. The molecule has 3 heteroatoms. The molecule has 2 aliphatic carbocycles. The third-order valence-corrected chi connectivity index (χ3v) is 5.65. The summed E-state index contributed by atoms with van der Waals surface area (Å²) in [4.78, 5) is 0. The fraction of sp³-hybridized carbons (Fsp3) is 1.00. The minimum absolute atomic E-state index is 0.106. The van der Waals surface area contributed by atoms with Crippen molar-refractivity contribution in [3.63, 3.8) is 0 Å². The summed E-state index contributed by atoms with van der Waals surface area (Å²) in [5.74, 6) is 0.675. The van der Waals surface area contributed by atoms with Gasteiger partial charge in [-0.25, -0.2) is 0 Å². The van der Waals surface area contributed by atoms with Gasteiger partial charge in [0.1, 0.15) is 0 Å². The van der Waals surface area contributed by atoms with Crippen molar-refractivity contribution in [1.82, 2.24) is 0 Å². The summed E-state index contributed by atoms with van der Waals surface area (Å²) < 4.78 is 11.6. The summed E-state index contributed by atoms with van der Waals surface area (Å²) in [5.41, 5.74) is 0.113. The van der Waals surface area contributed by atoms with Gasteiger partial charge in [0.05, 0.1) is 12.2 Å². The van der Waals surface area contributed by atoms with Crippen molar-refractivity contribution in [3.8, 4) is 0 Å². The molecule has 3 aliphatic rings. The first-order valence-electron chi connectivity index (χ1n) is 8.19. The predicted molar refractivity (Wildman–Crippen MR) is 74.0 cm³/mol. The van der Waals surface area contributed by atoms with Crippen LogP contribution in [-0.2, 0) is 9.47 Å². The molecule has 0 aromatic heterocycles. The zero-order valence-corrected chi connectivity index (χ0v) is 12.0. The molecule has 0 bridgehead atoms. The van der Waals surface area contributed by atoms with Crippen LogP contribution >= 0.6 is 0 Å². The standard InChI is InChI=1S/C16H28O3/c17-14-11-15(16(14)7-3-1-2-4-8-16)19-12-13-5-9-18-10-6-13/h13-15,17H,1-12H2. The Morgan fingerprint density at radius 2 is 1.74 bits per heavy atom. The van der Waals surface area contributed by atoms with E-state index in [1.54, 1.807) is 0 Å². The second-order valence-electron chi connectivity index (χ2n) is 6.78. The van der Waals surface area contributed by atoms with E-state index in [-0.39, 0.29) is 11.5 Å². The Morgan fingerprint density at radius 3 is 2.37 bits per heavy atom. The average Bonchev–Trinajstić information content (AvgIpc) is 2.72. The molecule has 1 spiro atoms. The van der Waals surface area contributed by atoms with E-state index in [9.17, 15) is 5.11 Å². The highest BCUT2D eigenvalue weighted by molar-refractivity contribution is 5.04. The molecule has 1 aliphatic heterocycles. The van der Waals surface area contributed by atoms with Crippen LogP contribution in [0.2, 0.25) is 0 Å². The van der Waals surface area contributed by atoms with Crippen LogP contribution in [0.1, 0.15) is 57.8 Å². The third kappa shape index (κ3) is 2.84. The first kappa shape index (κ1) is 13.8. The molecule has 1 N–H and O–H groups in total. The summed E-state index contributed by atoms with van der Waals surface area (Å²) in [6.45, 7) is 2.67. The van der Waals surface area contributed by atoms with E-state index in [4.69, 9.17) is 9.47 Å². The monoisotopic (exact) mass is 268 g/mol. The van der Waals surface area contributed by atoms with Crippen LogP contribution < -0.4 is 0 Å². The molecule has 2 unspecified atom stereocenters. The lowest BCUT2D eigenvalue weighted by Gasteiger charge is -2.53. The van der Waals surface area contributed by atoms with Gasteiger partial charge in [0.15, 0.2) is 0 Å². The Hall–Kier alpha value is -0.120. The predicted octanol–water partition coefficient (Wildman–Crippen LogP) is 2.90. The molecular weight excluding hydrogens is 240 g/mol. The summed E-state index contributed by atoms with van der Waals surface area (Å²) in [6, 6.07) is 0. The van der Waals surface area contributed by atoms with Crippen LogP contribution in [0.15, 0.2) is 0 Å². The third-order valence-electron chi connectivity index (χ3n) is 5.65. The quantitative estimate of drug-likeness (QED) is 0.855. The van der Waals surface area contributed by atoms with Crippen molar-refractivity contribution in [3.05, 3.63) is 0 Å². The van der Waals surface area contributed by atoms with Gasteiger partial charge >= 0.3 is 0 Å². The van der Waals surface area contributed by atoms with Gasteiger partial charge in [-0.1, -0.05) is 25.7 Å². The van der Waals surface area contributed by atoms with Crippen molar-refractivity contribution in [2.75, 3.05) is 19.8 Å². The molecule has 3 nitrogen and oxygen atoms in total. The second kappa shape index (κ2) is 6.11. The van der Waals surface area contributed by atoms with Gasteiger partial charge in [0.25, 0.3) is 0 Å². The van der Waals surface area contributed by atoms with Gasteiger partial charge < -0.3 is 14.6 Å². The lowest BCUT2D eigenvalue weighted by molar-refractivity contribution is -0.205. The smallest absolute Gasteiger partial charge is 0.0681 e. The van der Waals surface area contributed by atoms with E-state index >= 15 is 0 Å². The van der Waals surface area contributed by atoms with Crippen LogP contribution in [-0.4, -0.2) is 37.1 Å². The Balaban J connectivity index is 1.52. The molecule has 3 rings (SSSR count). The molecule has 0 amide bonds. The van der Waals surface area contributed by atoms with Crippen molar-refractivity contribution in [1.29, 1.82) is 0 Å². The van der Waals surface area contributed by atoms with Gasteiger partial charge in [0.2, 0.25) is 0 Å². The number of hydrogen-bond acceptors (Lipinski definition) is 3. The summed E-state index contributed by atoms with van der Waals surface area (Å²) >= 11 is 0. The lowest BCUT2D eigenvalue weighted by atomic mass is 9.59. The summed E-state index contributed by atoms with van der Waals surface area (Å²) in [7, 11) is 0. The number of ether oxygens (including phenoxy) is 2. The van der Waals surface area contributed by atoms with Gasteiger partial charge in [0, 0.05) is 31.7 Å². The number of hydrogen-bond donors (Lipinski definition) is 1. The van der Waals surface area contributed by atoms with E-state index in [0.29, 0.717) is 12.0 Å². The fourth-order valence-electron chi connectivity index (χ4n) is 4.17. The highest BCUT2D eigenvalue weighted by atomic mass is 16.5.